The molecule has 0 aliphatic carbocycles. The topological polar surface area (TPSA) is 71.5 Å². The lowest BCUT2D eigenvalue weighted by Crippen LogP contribution is -2.43. The number of pyridine rings is 1. The van der Waals surface area contributed by atoms with Gasteiger partial charge in [0, 0.05) is 45.1 Å². The predicted molar refractivity (Wildman–Crippen MR) is 93.6 cm³/mol. The van der Waals surface area contributed by atoms with E-state index in [1.54, 1.807) is 12.4 Å². The highest BCUT2D eigenvalue weighted by molar-refractivity contribution is 5.81. The number of piperidine rings is 1. The first-order valence-electron chi connectivity index (χ1n) is 9.28. The molecule has 1 atom stereocenters. The highest BCUT2D eigenvalue weighted by Crippen LogP contribution is 2.24. The van der Waals surface area contributed by atoms with E-state index in [1.165, 1.54) is 0 Å². The van der Waals surface area contributed by atoms with E-state index < -0.39 is 0 Å². The second kappa shape index (κ2) is 8.94. The molecule has 0 spiro atoms. The number of nitrogens with zero attached hydrogens (tertiary/aromatic N) is 2. The van der Waals surface area contributed by atoms with Crippen LogP contribution in [-0.4, -0.2) is 47.5 Å². The fourth-order valence-corrected chi connectivity index (χ4v) is 3.55. The molecule has 0 unspecified atom stereocenters. The van der Waals surface area contributed by atoms with Crippen LogP contribution in [0.5, 0.6) is 0 Å². The molecule has 0 radical (unpaired) electrons. The number of aromatic nitrogens is 1. The van der Waals surface area contributed by atoms with E-state index in [-0.39, 0.29) is 17.9 Å². The van der Waals surface area contributed by atoms with Gasteiger partial charge in [0.1, 0.15) is 6.10 Å². The first-order chi connectivity index (χ1) is 12.2. The van der Waals surface area contributed by atoms with Gasteiger partial charge in [-0.05, 0) is 49.7 Å². The lowest BCUT2D eigenvalue weighted by atomic mass is 9.91. The Morgan fingerprint density at radius 2 is 2.12 bits per heavy atom. The maximum absolute atomic E-state index is 12.3. The number of nitrogens with one attached hydrogen (secondary N) is 1. The van der Waals surface area contributed by atoms with Gasteiger partial charge in [-0.15, -0.1) is 0 Å². The summed E-state index contributed by atoms with van der Waals surface area (Å²) in [6.45, 7) is 2.82. The van der Waals surface area contributed by atoms with Crippen LogP contribution in [0, 0.1) is 5.92 Å². The van der Waals surface area contributed by atoms with Gasteiger partial charge in [0.25, 0.3) is 5.91 Å². The summed E-state index contributed by atoms with van der Waals surface area (Å²) in [6.07, 6.45) is 8.52. The van der Waals surface area contributed by atoms with Crippen molar-refractivity contribution in [3.8, 4) is 0 Å². The van der Waals surface area contributed by atoms with Crippen LogP contribution >= 0.6 is 0 Å². The second-order valence-corrected chi connectivity index (χ2v) is 6.95. The molecule has 0 bridgehead atoms. The van der Waals surface area contributed by atoms with Crippen LogP contribution in [0.4, 0.5) is 0 Å². The second-order valence-electron chi connectivity index (χ2n) is 6.95. The van der Waals surface area contributed by atoms with Crippen molar-refractivity contribution in [2.45, 2.75) is 51.2 Å². The number of hydrogen-bond acceptors (Lipinski definition) is 4. The number of rotatable bonds is 6. The highest BCUT2D eigenvalue weighted by Gasteiger charge is 2.30. The molecule has 1 aromatic rings. The Morgan fingerprint density at radius 3 is 2.80 bits per heavy atom. The smallest absolute Gasteiger partial charge is 0.251 e. The fourth-order valence-electron chi connectivity index (χ4n) is 3.55. The standard InChI is InChI=1S/C19H27N3O3/c23-18(21-14-16-3-1-9-20-13-16)6-5-15-7-10-22(11-8-15)19(24)17-4-2-12-25-17/h1,3,9,13,15,17H,2,4-8,10-12,14H2,(H,21,23)/t17-/m1/s1. The molecule has 3 heterocycles. The molecule has 2 aliphatic rings. The lowest BCUT2D eigenvalue weighted by molar-refractivity contribution is -0.142. The summed E-state index contributed by atoms with van der Waals surface area (Å²) in [7, 11) is 0. The zero-order chi connectivity index (χ0) is 17.5. The highest BCUT2D eigenvalue weighted by atomic mass is 16.5. The minimum Gasteiger partial charge on any atom is -0.368 e. The molecule has 25 heavy (non-hydrogen) atoms. The molecule has 0 aromatic carbocycles. The van der Waals surface area contributed by atoms with Gasteiger partial charge in [-0.25, -0.2) is 0 Å². The van der Waals surface area contributed by atoms with E-state index in [1.807, 2.05) is 17.0 Å². The van der Waals surface area contributed by atoms with Crippen LogP contribution in [0.3, 0.4) is 0 Å². The van der Waals surface area contributed by atoms with Crippen molar-refractivity contribution in [3.05, 3.63) is 30.1 Å². The Labute approximate surface area is 148 Å². The van der Waals surface area contributed by atoms with Crippen LogP contribution < -0.4 is 5.32 Å². The molecule has 1 N–H and O–H groups in total. The predicted octanol–water partition coefficient (Wildman–Crippen LogP) is 1.90. The molecule has 2 saturated heterocycles. The Bertz CT molecular complexity index is 565. The van der Waals surface area contributed by atoms with Crippen LogP contribution in [0.2, 0.25) is 0 Å². The van der Waals surface area contributed by atoms with Crippen molar-refractivity contribution in [1.29, 1.82) is 0 Å². The molecule has 2 aliphatic heterocycles. The zero-order valence-corrected chi connectivity index (χ0v) is 14.7. The first-order valence-corrected chi connectivity index (χ1v) is 9.28. The number of carbonyl (C=O) groups excluding carboxylic acids is 2. The molecule has 136 valence electrons. The fraction of sp³-hybridized carbons (Fsp3) is 0.632. The van der Waals surface area contributed by atoms with E-state index in [2.05, 4.69) is 10.3 Å². The van der Waals surface area contributed by atoms with E-state index in [4.69, 9.17) is 4.74 Å². The van der Waals surface area contributed by atoms with E-state index >= 15 is 0 Å². The van der Waals surface area contributed by atoms with E-state index in [0.717, 1.165) is 50.8 Å². The van der Waals surface area contributed by atoms with E-state index in [0.29, 0.717) is 25.5 Å². The van der Waals surface area contributed by atoms with Gasteiger partial charge in [-0.1, -0.05) is 6.07 Å². The molecule has 2 amide bonds. The van der Waals surface area contributed by atoms with Crippen molar-refractivity contribution in [2.75, 3.05) is 19.7 Å². The Morgan fingerprint density at radius 1 is 1.28 bits per heavy atom. The van der Waals surface area contributed by atoms with Gasteiger partial charge >= 0.3 is 0 Å². The Hall–Kier alpha value is -1.95. The van der Waals surface area contributed by atoms with E-state index in [9.17, 15) is 9.59 Å². The van der Waals surface area contributed by atoms with Crippen molar-refractivity contribution in [1.82, 2.24) is 15.2 Å². The van der Waals surface area contributed by atoms with Crippen molar-refractivity contribution >= 4 is 11.8 Å². The maximum Gasteiger partial charge on any atom is 0.251 e. The molecule has 6 heteroatoms. The van der Waals surface area contributed by atoms with Crippen LogP contribution in [-0.2, 0) is 20.9 Å². The summed E-state index contributed by atoms with van der Waals surface area (Å²) in [5.41, 5.74) is 1.01. The summed E-state index contributed by atoms with van der Waals surface area (Å²) in [5.74, 6) is 0.768. The summed E-state index contributed by atoms with van der Waals surface area (Å²) < 4.78 is 5.49. The monoisotopic (exact) mass is 345 g/mol. The third-order valence-electron chi connectivity index (χ3n) is 5.12. The largest absolute Gasteiger partial charge is 0.368 e. The quantitative estimate of drug-likeness (QED) is 0.855. The van der Waals surface area contributed by atoms with Gasteiger partial charge < -0.3 is 15.0 Å². The number of carbonyl (C=O) groups is 2. The SMILES string of the molecule is O=C(CCC1CCN(C(=O)[C@H]2CCCO2)CC1)NCc1cccnc1. The minimum atomic E-state index is -0.213. The molecular formula is C19H27N3O3. The zero-order valence-electron chi connectivity index (χ0n) is 14.7. The molecule has 1 aromatic heterocycles. The normalized spacial score (nSPS) is 21.3. The van der Waals surface area contributed by atoms with Crippen LogP contribution in [0.25, 0.3) is 0 Å². The molecule has 0 saturated carbocycles. The third kappa shape index (κ3) is 5.26. The van der Waals surface area contributed by atoms with Crippen molar-refractivity contribution < 1.29 is 14.3 Å². The first kappa shape index (κ1) is 17.9. The average Bonchev–Trinajstić information content (AvgIpc) is 3.20. The molecule has 2 fully saturated rings. The van der Waals surface area contributed by atoms with Gasteiger partial charge in [-0.2, -0.15) is 0 Å². The number of ether oxygens (including phenoxy) is 1. The molecule has 3 rings (SSSR count). The maximum atomic E-state index is 12.3. The van der Waals surface area contributed by atoms with Crippen LogP contribution in [0.1, 0.15) is 44.1 Å². The Balaban J connectivity index is 1.32. The van der Waals surface area contributed by atoms with Crippen molar-refractivity contribution in [3.63, 3.8) is 0 Å². The van der Waals surface area contributed by atoms with Gasteiger partial charge in [0.2, 0.25) is 5.91 Å². The van der Waals surface area contributed by atoms with Crippen molar-refractivity contribution in [2.24, 2.45) is 5.92 Å². The molecular weight excluding hydrogens is 318 g/mol. The summed E-state index contributed by atoms with van der Waals surface area (Å²) in [6, 6.07) is 3.82. The lowest BCUT2D eigenvalue weighted by Gasteiger charge is -2.33. The number of amides is 2. The summed E-state index contributed by atoms with van der Waals surface area (Å²) in [5, 5.41) is 2.94. The summed E-state index contributed by atoms with van der Waals surface area (Å²) >= 11 is 0. The minimum absolute atomic E-state index is 0.0849. The number of hydrogen-bond donors (Lipinski definition) is 1. The number of likely N-dealkylation sites (tertiary alicyclic amines) is 1. The Kier molecular flexibility index (Phi) is 6.39. The summed E-state index contributed by atoms with van der Waals surface area (Å²) in [4.78, 5) is 30.3. The van der Waals surface area contributed by atoms with Gasteiger partial charge in [0.05, 0.1) is 0 Å². The van der Waals surface area contributed by atoms with Gasteiger partial charge in [0.15, 0.2) is 0 Å². The molecule has 6 nitrogen and oxygen atoms in total. The van der Waals surface area contributed by atoms with Crippen LogP contribution in [0.15, 0.2) is 24.5 Å². The average molecular weight is 345 g/mol. The van der Waals surface area contributed by atoms with Gasteiger partial charge in [-0.3, -0.25) is 14.6 Å². The third-order valence-corrected chi connectivity index (χ3v) is 5.12.